The van der Waals surface area contributed by atoms with Gasteiger partial charge in [-0.15, -0.1) is 11.3 Å². The molecule has 0 aliphatic carbocycles. The van der Waals surface area contributed by atoms with Gasteiger partial charge in [-0.05, 0) is 6.07 Å². The Morgan fingerprint density at radius 3 is 2.67 bits per heavy atom. The van der Waals surface area contributed by atoms with Crippen LogP contribution < -0.4 is 10.6 Å². The first-order valence-electron chi connectivity index (χ1n) is 8.34. The number of nitrogens with one attached hydrogen (secondary N) is 2. The van der Waals surface area contributed by atoms with Crippen LogP contribution in [-0.4, -0.2) is 29.0 Å². The number of amides is 1. The number of carbonyl (C=O) groups is 1. The molecule has 2 heterocycles. The van der Waals surface area contributed by atoms with Crippen LogP contribution in [0.3, 0.4) is 0 Å². The van der Waals surface area contributed by atoms with Gasteiger partial charge in [0.25, 0.3) is 0 Å². The average molecular weight is 421 g/mol. The maximum absolute atomic E-state index is 12.6. The summed E-state index contributed by atoms with van der Waals surface area (Å²) < 4.78 is 37.7. The Morgan fingerprint density at radius 1 is 1.33 bits per heavy atom. The van der Waals surface area contributed by atoms with E-state index in [1.807, 2.05) is 5.38 Å². The number of halogens is 4. The summed E-state index contributed by atoms with van der Waals surface area (Å²) in [6, 6.07) is 0.802. The molecule has 148 valence electrons. The lowest BCUT2D eigenvalue weighted by atomic mass is 10.2. The number of rotatable bonds is 8. The first-order valence-corrected chi connectivity index (χ1v) is 9.60. The zero-order chi connectivity index (χ0) is 20.0. The third-order valence-corrected chi connectivity index (χ3v) is 5.06. The highest BCUT2D eigenvalue weighted by Gasteiger charge is 2.31. The Labute approximate surface area is 164 Å². The molecule has 0 radical (unpaired) electrons. The highest BCUT2D eigenvalue weighted by molar-refractivity contribution is 7.09. The number of thiazole rings is 1. The van der Waals surface area contributed by atoms with Crippen LogP contribution in [0, 0.1) is 0 Å². The lowest BCUT2D eigenvalue weighted by molar-refractivity contribution is -0.137. The van der Waals surface area contributed by atoms with E-state index in [9.17, 15) is 18.0 Å². The van der Waals surface area contributed by atoms with Gasteiger partial charge in [0.2, 0.25) is 5.91 Å². The van der Waals surface area contributed by atoms with Crippen molar-refractivity contribution in [3.63, 3.8) is 0 Å². The summed E-state index contributed by atoms with van der Waals surface area (Å²) in [5.74, 6) is 0.320. The van der Waals surface area contributed by atoms with E-state index in [0.717, 1.165) is 16.8 Å². The topological polar surface area (TPSA) is 66.9 Å². The van der Waals surface area contributed by atoms with E-state index in [-0.39, 0.29) is 29.7 Å². The third kappa shape index (κ3) is 6.66. The molecular formula is C17H20ClF3N4OS. The van der Waals surface area contributed by atoms with Crippen molar-refractivity contribution >= 4 is 34.7 Å². The summed E-state index contributed by atoms with van der Waals surface area (Å²) in [7, 11) is 0. The number of carbonyl (C=O) groups excluding carboxylic acids is 1. The van der Waals surface area contributed by atoms with E-state index in [2.05, 4.69) is 34.4 Å². The second kappa shape index (κ2) is 9.36. The van der Waals surface area contributed by atoms with Crippen molar-refractivity contribution in [3.8, 4) is 0 Å². The number of hydrogen-bond acceptors (Lipinski definition) is 5. The molecule has 0 spiro atoms. The highest BCUT2D eigenvalue weighted by Crippen LogP contribution is 2.32. The van der Waals surface area contributed by atoms with Crippen molar-refractivity contribution in [3.05, 3.63) is 38.9 Å². The van der Waals surface area contributed by atoms with Crippen molar-refractivity contribution < 1.29 is 18.0 Å². The molecule has 10 heteroatoms. The van der Waals surface area contributed by atoms with Crippen LogP contribution in [-0.2, 0) is 17.4 Å². The standard InChI is InChI=1S/C17H20ClF3N4OS/c1-10(2)16-25-12(9-27-16)3-5-22-14(26)4-6-23-15-13(18)7-11(8-24-15)17(19,20)21/h7-10H,3-6H2,1-2H3,(H,22,26)(H,23,24). The SMILES string of the molecule is CC(C)c1nc(CCNC(=O)CCNc2ncc(C(F)(F)F)cc2Cl)cs1. The van der Waals surface area contributed by atoms with Crippen LogP contribution in [0.1, 0.15) is 42.5 Å². The third-order valence-electron chi connectivity index (χ3n) is 3.58. The molecular weight excluding hydrogens is 401 g/mol. The smallest absolute Gasteiger partial charge is 0.368 e. The van der Waals surface area contributed by atoms with E-state index in [1.165, 1.54) is 0 Å². The first kappa shape index (κ1) is 21.4. The fraction of sp³-hybridized carbons (Fsp3) is 0.471. The molecule has 2 rings (SSSR count). The molecule has 2 N–H and O–H groups in total. The molecule has 0 aliphatic rings. The summed E-state index contributed by atoms with van der Waals surface area (Å²) in [5, 5.41) is 8.46. The largest absolute Gasteiger partial charge is 0.417 e. The molecule has 0 atom stereocenters. The number of hydrogen-bond donors (Lipinski definition) is 2. The van der Waals surface area contributed by atoms with Gasteiger partial charge >= 0.3 is 6.18 Å². The Hall–Kier alpha value is -1.87. The van der Waals surface area contributed by atoms with Gasteiger partial charge in [0.1, 0.15) is 5.82 Å². The summed E-state index contributed by atoms with van der Waals surface area (Å²) in [5.41, 5.74) is 0.0290. The first-order chi connectivity index (χ1) is 12.7. The van der Waals surface area contributed by atoms with Gasteiger partial charge in [0.15, 0.2) is 0 Å². The van der Waals surface area contributed by atoms with Crippen LogP contribution in [0.2, 0.25) is 5.02 Å². The van der Waals surface area contributed by atoms with Gasteiger partial charge in [0.05, 0.1) is 21.3 Å². The zero-order valence-corrected chi connectivity index (χ0v) is 16.4. The highest BCUT2D eigenvalue weighted by atomic mass is 35.5. The van der Waals surface area contributed by atoms with E-state index in [1.54, 1.807) is 11.3 Å². The Bertz CT molecular complexity index is 780. The molecule has 0 unspecified atom stereocenters. The zero-order valence-electron chi connectivity index (χ0n) is 14.9. The summed E-state index contributed by atoms with van der Waals surface area (Å²) in [4.78, 5) is 20.0. The fourth-order valence-electron chi connectivity index (χ4n) is 2.14. The molecule has 0 bridgehead atoms. The number of nitrogens with zero attached hydrogens (tertiary/aromatic N) is 2. The van der Waals surface area contributed by atoms with Gasteiger partial charge < -0.3 is 10.6 Å². The van der Waals surface area contributed by atoms with Crippen LogP contribution in [0.4, 0.5) is 19.0 Å². The van der Waals surface area contributed by atoms with Crippen molar-refractivity contribution in [1.82, 2.24) is 15.3 Å². The Morgan fingerprint density at radius 2 is 2.07 bits per heavy atom. The predicted octanol–water partition coefficient (Wildman–Crippen LogP) is 4.49. The summed E-state index contributed by atoms with van der Waals surface area (Å²) in [6.45, 7) is 4.84. The fourth-order valence-corrected chi connectivity index (χ4v) is 3.24. The van der Waals surface area contributed by atoms with Gasteiger partial charge in [-0.25, -0.2) is 9.97 Å². The monoisotopic (exact) mass is 420 g/mol. The molecule has 0 fully saturated rings. The second-order valence-corrected chi connectivity index (χ2v) is 7.46. The Kier molecular flexibility index (Phi) is 7.43. The summed E-state index contributed by atoms with van der Waals surface area (Å²) in [6.07, 6.45) is -3.00. The number of pyridine rings is 1. The van der Waals surface area contributed by atoms with Crippen molar-refractivity contribution in [2.75, 3.05) is 18.4 Å². The lowest BCUT2D eigenvalue weighted by Crippen LogP contribution is -2.27. The van der Waals surface area contributed by atoms with E-state index < -0.39 is 11.7 Å². The van der Waals surface area contributed by atoms with Crippen molar-refractivity contribution in [1.29, 1.82) is 0 Å². The van der Waals surface area contributed by atoms with Crippen LogP contribution in [0.25, 0.3) is 0 Å². The molecule has 2 aromatic heterocycles. The number of anilines is 1. The van der Waals surface area contributed by atoms with Gasteiger partial charge in [-0.3, -0.25) is 4.79 Å². The second-order valence-electron chi connectivity index (χ2n) is 6.16. The normalized spacial score (nSPS) is 11.7. The minimum atomic E-state index is -4.50. The molecule has 0 saturated heterocycles. The van der Waals surface area contributed by atoms with Crippen molar-refractivity contribution in [2.24, 2.45) is 0 Å². The van der Waals surface area contributed by atoms with Gasteiger partial charge in [-0.2, -0.15) is 13.2 Å². The number of alkyl halides is 3. The summed E-state index contributed by atoms with van der Waals surface area (Å²) >= 11 is 7.40. The molecule has 27 heavy (non-hydrogen) atoms. The molecule has 2 aromatic rings. The predicted molar refractivity (Wildman–Crippen MR) is 100 cm³/mol. The van der Waals surface area contributed by atoms with Crippen molar-refractivity contribution in [2.45, 2.75) is 38.8 Å². The number of aromatic nitrogens is 2. The van der Waals surface area contributed by atoms with E-state index in [0.29, 0.717) is 25.1 Å². The molecule has 0 aromatic carbocycles. The molecule has 0 aliphatic heterocycles. The maximum atomic E-state index is 12.6. The molecule has 5 nitrogen and oxygen atoms in total. The van der Waals surface area contributed by atoms with Crippen LogP contribution >= 0.6 is 22.9 Å². The minimum absolute atomic E-state index is 0.112. The van der Waals surface area contributed by atoms with E-state index >= 15 is 0 Å². The molecule has 0 saturated carbocycles. The van der Waals surface area contributed by atoms with Gasteiger partial charge in [-0.1, -0.05) is 25.4 Å². The van der Waals surface area contributed by atoms with Crippen LogP contribution in [0.15, 0.2) is 17.6 Å². The maximum Gasteiger partial charge on any atom is 0.417 e. The molecule has 1 amide bonds. The Balaban J connectivity index is 1.71. The minimum Gasteiger partial charge on any atom is -0.368 e. The van der Waals surface area contributed by atoms with E-state index in [4.69, 9.17) is 11.6 Å². The average Bonchev–Trinajstić information content (AvgIpc) is 3.04. The quantitative estimate of drug-likeness (QED) is 0.660. The van der Waals surface area contributed by atoms with Crippen LogP contribution in [0.5, 0.6) is 0 Å². The van der Waals surface area contributed by atoms with Gasteiger partial charge in [0, 0.05) is 43.4 Å². The lowest BCUT2D eigenvalue weighted by Gasteiger charge is -2.10.